The second-order valence-electron chi connectivity index (χ2n) is 5.26. The average molecular weight is 307 g/mol. The predicted molar refractivity (Wildman–Crippen MR) is 80.0 cm³/mol. The van der Waals surface area contributed by atoms with Gasteiger partial charge in [0.15, 0.2) is 5.16 Å². The quantitative estimate of drug-likeness (QED) is 0.844. The number of ether oxygens (including phenoxy) is 1. The maximum Gasteiger partial charge on any atom is 0.413 e. The van der Waals surface area contributed by atoms with Crippen LogP contribution in [0.5, 0.6) is 0 Å². The summed E-state index contributed by atoms with van der Waals surface area (Å²) in [6, 6.07) is 3.68. The molecule has 0 aliphatic carbocycles. The van der Waals surface area contributed by atoms with Crippen LogP contribution in [0.1, 0.15) is 26.3 Å². The highest BCUT2D eigenvalue weighted by Crippen LogP contribution is 2.19. The third-order valence-electron chi connectivity index (χ3n) is 2.22. The summed E-state index contributed by atoms with van der Waals surface area (Å²) in [6.45, 7) is 5.43. The Bertz CT molecular complexity index is 595. The summed E-state index contributed by atoms with van der Waals surface area (Å²) in [7, 11) is 0. The number of amides is 1. The number of anilines is 1. The standard InChI is InChI=1S/C13H17N5O2S/c1-13(2,3)20-12(19)17-10-6-9(4-5-14-10)7-21-11-15-8-16-18-11/h4-6,8H,7H2,1-3H3,(H,14,17,19)(H,15,16,18). The van der Waals surface area contributed by atoms with Gasteiger partial charge in [0.05, 0.1) is 0 Å². The van der Waals surface area contributed by atoms with Crippen LogP contribution < -0.4 is 5.32 Å². The van der Waals surface area contributed by atoms with E-state index in [1.807, 2.05) is 26.8 Å². The number of carbonyl (C=O) groups excluding carboxylic acids is 1. The average Bonchev–Trinajstić information content (AvgIpc) is 2.87. The molecule has 0 bridgehead atoms. The Morgan fingerprint density at radius 1 is 1.43 bits per heavy atom. The highest BCUT2D eigenvalue weighted by molar-refractivity contribution is 7.98. The Morgan fingerprint density at radius 3 is 2.90 bits per heavy atom. The van der Waals surface area contributed by atoms with Crippen LogP contribution >= 0.6 is 11.8 Å². The van der Waals surface area contributed by atoms with Crippen LogP contribution in [0.4, 0.5) is 10.6 Å². The van der Waals surface area contributed by atoms with Gasteiger partial charge in [0.25, 0.3) is 0 Å². The van der Waals surface area contributed by atoms with Crippen LogP contribution in [0.25, 0.3) is 0 Å². The molecule has 21 heavy (non-hydrogen) atoms. The molecule has 2 heterocycles. The molecule has 0 aromatic carbocycles. The number of aromatic nitrogens is 4. The van der Waals surface area contributed by atoms with E-state index in [-0.39, 0.29) is 0 Å². The summed E-state index contributed by atoms with van der Waals surface area (Å²) >= 11 is 1.52. The molecule has 0 aliphatic heterocycles. The van der Waals surface area contributed by atoms with E-state index in [0.29, 0.717) is 11.6 Å². The van der Waals surface area contributed by atoms with Gasteiger partial charge in [-0.25, -0.2) is 14.8 Å². The zero-order chi connectivity index (χ0) is 15.3. The van der Waals surface area contributed by atoms with Crippen molar-refractivity contribution in [2.75, 3.05) is 5.32 Å². The van der Waals surface area contributed by atoms with Crippen molar-refractivity contribution in [2.24, 2.45) is 0 Å². The van der Waals surface area contributed by atoms with Crippen molar-refractivity contribution in [2.45, 2.75) is 37.3 Å². The lowest BCUT2D eigenvalue weighted by atomic mass is 10.2. The van der Waals surface area contributed by atoms with Crippen LogP contribution in [-0.4, -0.2) is 31.9 Å². The van der Waals surface area contributed by atoms with Gasteiger partial charge in [-0.1, -0.05) is 11.8 Å². The summed E-state index contributed by atoms with van der Waals surface area (Å²) in [5.41, 5.74) is 0.474. The first kappa shape index (κ1) is 15.3. The first-order chi connectivity index (χ1) is 9.92. The molecule has 0 unspecified atom stereocenters. The summed E-state index contributed by atoms with van der Waals surface area (Å²) in [5.74, 6) is 1.15. The van der Waals surface area contributed by atoms with Crippen molar-refractivity contribution in [3.05, 3.63) is 30.2 Å². The van der Waals surface area contributed by atoms with Gasteiger partial charge in [-0.05, 0) is 38.5 Å². The molecule has 0 fully saturated rings. The first-order valence-corrected chi connectivity index (χ1v) is 7.34. The van der Waals surface area contributed by atoms with Gasteiger partial charge in [0.1, 0.15) is 17.7 Å². The van der Waals surface area contributed by atoms with E-state index >= 15 is 0 Å². The number of carbonyl (C=O) groups is 1. The Kier molecular flexibility index (Phi) is 4.79. The number of nitrogens with one attached hydrogen (secondary N) is 2. The SMILES string of the molecule is CC(C)(C)OC(=O)Nc1cc(CSc2ncn[nH]2)ccn1. The highest BCUT2D eigenvalue weighted by atomic mass is 32.2. The molecular formula is C13H17N5O2S. The molecule has 2 aromatic rings. The van der Waals surface area contributed by atoms with E-state index in [9.17, 15) is 4.79 Å². The molecule has 2 aromatic heterocycles. The summed E-state index contributed by atoms with van der Waals surface area (Å²) < 4.78 is 5.18. The minimum atomic E-state index is -0.538. The van der Waals surface area contributed by atoms with Gasteiger partial charge in [-0.3, -0.25) is 10.4 Å². The molecule has 0 radical (unpaired) electrons. The van der Waals surface area contributed by atoms with Crippen molar-refractivity contribution in [1.82, 2.24) is 20.2 Å². The number of aromatic amines is 1. The Hall–Kier alpha value is -2.09. The maximum absolute atomic E-state index is 11.7. The Morgan fingerprint density at radius 2 is 2.24 bits per heavy atom. The molecule has 0 aliphatic rings. The number of thioether (sulfide) groups is 1. The molecular weight excluding hydrogens is 290 g/mol. The summed E-state index contributed by atoms with van der Waals surface area (Å²) in [5, 5.41) is 9.92. The second-order valence-corrected chi connectivity index (χ2v) is 6.22. The topological polar surface area (TPSA) is 92.8 Å². The van der Waals surface area contributed by atoms with Crippen molar-refractivity contribution in [1.29, 1.82) is 0 Å². The van der Waals surface area contributed by atoms with Crippen molar-refractivity contribution >= 4 is 23.7 Å². The summed E-state index contributed by atoms with van der Waals surface area (Å²) in [6.07, 6.45) is 2.59. The molecule has 0 saturated carbocycles. The fourth-order valence-electron chi connectivity index (χ4n) is 1.46. The lowest BCUT2D eigenvalue weighted by Gasteiger charge is -2.19. The number of pyridine rings is 1. The minimum Gasteiger partial charge on any atom is -0.444 e. The summed E-state index contributed by atoms with van der Waals surface area (Å²) in [4.78, 5) is 19.8. The highest BCUT2D eigenvalue weighted by Gasteiger charge is 2.16. The predicted octanol–water partition coefficient (Wildman–Crippen LogP) is 2.84. The zero-order valence-electron chi connectivity index (χ0n) is 12.1. The Balaban J connectivity index is 1.92. The van der Waals surface area contributed by atoms with Crippen LogP contribution in [-0.2, 0) is 10.5 Å². The molecule has 0 spiro atoms. The van der Waals surface area contributed by atoms with E-state index in [1.54, 1.807) is 12.3 Å². The van der Waals surface area contributed by atoms with Gasteiger partial charge >= 0.3 is 6.09 Å². The smallest absolute Gasteiger partial charge is 0.413 e. The van der Waals surface area contributed by atoms with Crippen LogP contribution in [0.3, 0.4) is 0 Å². The maximum atomic E-state index is 11.7. The molecule has 7 nitrogen and oxygen atoms in total. The Labute approximate surface area is 126 Å². The van der Waals surface area contributed by atoms with Gasteiger partial charge in [-0.2, -0.15) is 5.10 Å². The zero-order valence-corrected chi connectivity index (χ0v) is 12.9. The third-order valence-corrected chi connectivity index (χ3v) is 3.17. The monoisotopic (exact) mass is 307 g/mol. The van der Waals surface area contributed by atoms with E-state index in [2.05, 4.69) is 25.5 Å². The molecule has 1 amide bonds. The van der Waals surface area contributed by atoms with Crippen LogP contribution in [0.15, 0.2) is 29.8 Å². The van der Waals surface area contributed by atoms with Crippen LogP contribution in [0.2, 0.25) is 0 Å². The number of rotatable bonds is 4. The molecule has 112 valence electrons. The fourth-order valence-corrected chi connectivity index (χ4v) is 2.18. The van der Waals surface area contributed by atoms with Crippen molar-refractivity contribution in [3.8, 4) is 0 Å². The fraction of sp³-hybridized carbons (Fsp3) is 0.385. The van der Waals surface area contributed by atoms with Gasteiger partial charge in [-0.15, -0.1) is 0 Å². The molecule has 2 rings (SSSR count). The minimum absolute atomic E-state index is 0.458. The normalized spacial score (nSPS) is 11.2. The largest absolute Gasteiger partial charge is 0.444 e. The van der Waals surface area contributed by atoms with Gasteiger partial charge in [0, 0.05) is 11.9 Å². The van der Waals surface area contributed by atoms with E-state index in [1.165, 1.54) is 18.1 Å². The lowest BCUT2D eigenvalue weighted by molar-refractivity contribution is 0.0635. The molecule has 0 saturated heterocycles. The van der Waals surface area contributed by atoms with Gasteiger partial charge < -0.3 is 4.74 Å². The van der Waals surface area contributed by atoms with E-state index in [4.69, 9.17) is 4.74 Å². The van der Waals surface area contributed by atoms with E-state index < -0.39 is 11.7 Å². The van der Waals surface area contributed by atoms with Crippen molar-refractivity contribution in [3.63, 3.8) is 0 Å². The molecule has 2 N–H and O–H groups in total. The number of H-pyrrole nitrogens is 1. The van der Waals surface area contributed by atoms with E-state index in [0.717, 1.165) is 10.7 Å². The van der Waals surface area contributed by atoms with Crippen LogP contribution in [0, 0.1) is 0 Å². The lowest BCUT2D eigenvalue weighted by Crippen LogP contribution is -2.27. The van der Waals surface area contributed by atoms with Gasteiger partial charge in [0.2, 0.25) is 0 Å². The molecule has 8 heteroatoms. The number of nitrogens with zero attached hydrogens (tertiary/aromatic N) is 3. The first-order valence-electron chi connectivity index (χ1n) is 6.35. The second kappa shape index (κ2) is 6.57. The third kappa shape index (κ3) is 5.42. The number of hydrogen-bond donors (Lipinski definition) is 2. The number of hydrogen-bond acceptors (Lipinski definition) is 6. The molecule has 0 atom stereocenters. The van der Waals surface area contributed by atoms with Crippen molar-refractivity contribution < 1.29 is 9.53 Å².